The Morgan fingerprint density at radius 3 is 2.50 bits per heavy atom. The summed E-state index contributed by atoms with van der Waals surface area (Å²) >= 11 is 0. The molecule has 2 saturated carbocycles. The van der Waals surface area contributed by atoms with Crippen molar-refractivity contribution in [2.24, 2.45) is 23.5 Å². The zero-order valence-corrected chi connectivity index (χ0v) is 12.0. The number of benzene rings is 1. The molecule has 2 aliphatic carbocycles. The van der Waals surface area contributed by atoms with Gasteiger partial charge in [0.1, 0.15) is 0 Å². The van der Waals surface area contributed by atoms with Crippen molar-refractivity contribution in [3.63, 3.8) is 0 Å². The molecule has 3 atom stereocenters. The average Bonchev–Trinajstić information content (AvgIpc) is 3.08. The van der Waals surface area contributed by atoms with Crippen LogP contribution in [-0.2, 0) is 17.9 Å². The van der Waals surface area contributed by atoms with Crippen molar-refractivity contribution in [1.82, 2.24) is 5.32 Å². The number of fused-ring (bicyclic) bond motifs is 2. The third-order valence-corrected chi connectivity index (χ3v) is 5.08. The van der Waals surface area contributed by atoms with Crippen molar-refractivity contribution < 1.29 is 4.79 Å². The summed E-state index contributed by atoms with van der Waals surface area (Å²) in [5.74, 6) is 2.61. The van der Waals surface area contributed by atoms with Crippen molar-refractivity contribution in [3.05, 3.63) is 35.4 Å². The number of carbonyl (C=O) groups excluding carboxylic acids is 1. The van der Waals surface area contributed by atoms with E-state index in [0.717, 1.165) is 29.4 Å². The number of carbonyl (C=O) groups is 1. The predicted molar refractivity (Wildman–Crippen MR) is 79.7 cm³/mol. The van der Waals surface area contributed by atoms with Gasteiger partial charge in [-0.3, -0.25) is 4.79 Å². The van der Waals surface area contributed by atoms with Crippen LogP contribution in [0.25, 0.3) is 0 Å². The lowest BCUT2D eigenvalue weighted by atomic mass is 9.86. The van der Waals surface area contributed by atoms with Crippen LogP contribution in [0.2, 0.25) is 0 Å². The van der Waals surface area contributed by atoms with Crippen LogP contribution in [-0.4, -0.2) is 5.91 Å². The van der Waals surface area contributed by atoms with Crippen molar-refractivity contribution in [2.75, 3.05) is 0 Å². The number of amides is 1. The SMILES string of the molecule is NCc1ccc(CNC(=O)CC2CC3CCC2C3)cc1. The largest absolute Gasteiger partial charge is 0.352 e. The van der Waals surface area contributed by atoms with E-state index in [1.165, 1.54) is 25.7 Å². The molecule has 1 aromatic rings. The van der Waals surface area contributed by atoms with Crippen molar-refractivity contribution in [2.45, 2.75) is 45.2 Å². The lowest BCUT2D eigenvalue weighted by molar-refractivity contribution is -0.122. The van der Waals surface area contributed by atoms with Crippen LogP contribution in [0.1, 0.15) is 43.2 Å². The van der Waals surface area contributed by atoms with Gasteiger partial charge in [0.2, 0.25) is 5.91 Å². The first-order valence-electron chi connectivity index (χ1n) is 7.79. The highest BCUT2D eigenvalue weighted by Crippen LogP contribution is 2.49. The van der Waals surface area contributed by atoms with Gasteiger partial charge in [-0.2, -0.15) is 0 Å². The molecule has 3 N–H and O–H groups in total. The molecule has 0 radical (unpaired) electrons. The molecule has 2 aliphatic rings. The van der Waals surface area contributed by atoms with E-state index in [1.807, 2.05) is 24.3 Å². The molecule has 0 aliphatic heterocycles. The average molecular weight is 272 g/mol. The Morgan fingerprint density at radius 2 is 1.90 bits per heavy atom. The first-order valence-corrected chi connectivity index (χ1v) is 7.79. The quantitative estimate of drug-likeness (QED) is 0.865. The molecular weight excluding hydrogens is 248 g/mol. The normalized spacial score (nSPS) is 27.8. The van der Waals surface area contributed by atoms with Gasteiger partial charge < -0.3 is 11.1 Å². The Kier molecular flexibility index (Phi) is 4.06. The van der Waals surface area contributed by atoms with Crippen LogP contribution in [0.5, 0.6) is 0 Å². The van der Waals surface area contributed by atoms with Crippen molar-refractivity contribution in [1.29, 1.82) is 0 Å². The monoisotopic (exact) mass is 272 g/mol. The molecule has 1 aromatic carbocycles. The minimum atomic E-state index is 0.213. The summed E-state index contributed by atoms with van der Waals surface area (Å²) in [7, 11) is 0. The van der Waals surface area contributed by atoms with Crippen LogP contribution in [0.4, 0.5) is 0 Å². The highest BCUT2D eigenvalue weighted by molar-refractivity contribution is 5.76. The summed E-state index contributed by atoms with van der Waals surface area (Å²) in [5, 5.41) is 3.05. The Labute approximate surface area is 120 Å². The van der Waals surface area contributed by atoms with Gasteiger partial charge >= 0.3 is 0 Å². The summed E-state index contributed by atoms with van der Waals surface area (Å²) in [5.41, 5.74) is 7.84. The summed E-state index contributed by atoms with van der Waals surface area (Å²) in [6, 6.07) is 8.13. The van der Waals surface area contributed by atoms with E-state index in [0.29, 0.717) is 19.0 Å². The minimum absolute atomic E-state index is 0.213. The molecule has 2 bridgehead atoms. The van der Waals surface area contributed by atoms with Gasteiger partial charge in [0.15, 0.2) is 0 Å². The molecule has 0 saturated heterocycles. The van der Waals surface area contributed by atoms with Gasteiger partial charge in [0, 0.05) is 19.5 Å². The smallest absolute Gasteiger partial charge is 0.220 e. The van der Waals surface area contributed by atoms with E-state index < -0.39 is 0 Å². The lowest BCUT2D eigenvalue weighted by Crippen LogP contribution is -2.26. The van der Waals surface area contributed by atoms with Crippen molar-refractivity contribution in [3.8, 4) is 0 Å². The van der Waals surface area contributed by atoms with E-state index >= 15 is 0 Å². The molecule has 0 aromatic heterocycles. The predicted octanol–water partition coefficient (Wildman–Crippen LogP) is 2.59. The Morgan fingerprint density at radius 1 is 1.15 bits per heavy atom. The molecule has 3 heteroatoms. The minimum Gasteiger partial charge on any atom is -0.352 e. The first kappa shape index (κ1) is 13.6. The van der Waals surface area contributed by atoms with E-state index in [2.05, 4.69) is 5.32 Å². The molecule has 3 rings (SSSR count). The molecular formula is C17H24N2O. The fourth-order valence-corrected chi connectivity index (χ4v) is 3.93. The number of rotatable bonds is 5. The Bertz CT molecular complexity index is 468. The number of nitrogens with two attached hydrogens (primary N) is 1. The van der Waals surface area contributed by atoms with E-state index in [9.17, 15) is 4.79 Å². The second-order valence-corrected chi connectivity index (χ2v) is 6.44. The van der Waals surface area contributed by atoms with E-state index in [4.69, 9.17) is 5.73 Å². The van der Waals surface area contributed by atoms with Gasteiger partial charge in [-0.25, -0.2) is 0 Å². The number of hydrogen-bond donors (Lipinski definition) is 2. The third kappa shape index (κ3) is 3.04. The molecule has 0 spiro atoms. The molecule has 20 heavy (non-hydrogen) atoms. The van der Waals surface area contributed by atoms with Crippen LogP contribution < -0.4 is 11.1 Å². The molecule has 3 nitrogen and oxygen atoms in total. The highest BCUT2D eigenvalue weighted by atomic mass is 16.1. The summed E-state index contributed by atoms with van der Waals surface area (Å²) in [6.45, 7) is 1.20. The first-order chi connectivity index (χ1) is 9.74. The van der Waals surface area contributed by atoms with Gasteiger partial charge in [-0.15, -0.1) is 0 Å². The standard InChI is InChI=1S/C17H24N2O/c18-10-12-1-3-13(4-2-12)11-19-17(20)9-16-8-14-5-6-15(16)7-14/h1-4,14-16H,5-11,18H2,(H,19,20). The topological polar surface area (TPSA) is 55.1 Å². The van der Waals surface area contributed by atoms with Gasteiger partial charge in [-0.1, -0.05) is 30.7 Å². The maximum absolute atomic E-state index is 12.0. The molecule has 0 heterocycles. The summed E-state index contributed by atoms with van der Waals surface area (Å²) in [6.07, 6.45) is 6.13. The maximum Gasteiger partial charge on any atom is 0.220 e. The zero-order valence-electron chi connectivity index (χ0n) is 12.0. The molecule has 3 unspecified atom stereocenters. The van der Waals surface area contributed by atoms with Crippen LogP contribution in [0, 0.1) is 17.8 Å². The van der Waals surface area contributed by atoms with Gasteiger partial charge in [0.25, 0.3) is 0 Å². The van der Waals surface area contributed by atoms with E-state index in [1.54, 1.807) is 0 Å². The molecule has 108 valence electrons. The van der Waals surface area contributed by atoms with Crippen LogP contribution in [0.3, 0.4) is 0 Å². The second kappa shape index (κ2) is 5.96. The lowest BCUT2D eigenvalue weighted by Gasteiger charge is -2.20. The van der Waals surface area contributed by atoms with Gasteiger partial charge in [0.05, 0.1) is 0 Å². The number of nitrogens with one attached hydrogen (secondary N) is 1. The number of hydrogen-bond acceptors (Lipinski definition) is 2. The maximum atomic E-state index is 12.0. The fraction of sp³-hybridized carbons (Fsp3) is 0.588. The van der Waals surface area contributed by atoms with Gasteiger partial charge in [-0.05, 0) is 48.1 Å². The Hall–Kier alpha value is -1.35. The zero-order chi connectivity index (χ0) is 13.9. The summed E-state index contributed by atoms with van der Waals surface area (Å²) in [4.78, 5) is 12.0. The molecule has 1 amide bonds. The van der Waals surface area contributed by atoms with E-state index in [-0.39, 0.29) is 5.91 Å². The molecule has 2 fully saturated rings. The third-order valence-electron chi connectivity index (χ3n) is 5.08. The fourth-order valence-electron chi connectivity index (χ4n) is 3.93. The van der Waals surface area contributed by atoms with Crippen LogP contribution >= 0.6 is 0 Å². The second-order valence-electron chi connectivity index (χ2n) is 6.44. The Balaban J connectivity index is 1.44. The van der Waals surface area contributed by atoms with Crippen LogP contribution in [0.15, 0.2) is 24.3 Å². The highest BCUT2D eigenvalue weighted by Gasteiger charge is 2.39. The summed E-state index contributed by atoms with van der Waals surface area (Å²) < 4.78 is 0. The van der Waals surface area contributed by atoms with Crippen molar-refractivity contribution >= 4 is 5.91 Å².